The first-order valence-electron chi connectivity index (χ1n) is 7.11. The van der Waals surface area contributed by atoms with Crippen molar-refractivity contribution < 1.29 is 9.59 Å². The Bertz CT molecular complexity index is 646. The smallest absolute Gasteiger partial charge is 0.251 e. The molecule has 1 aromatic heterocycles. The first-order valence-corrected chi connectivity index (χ1v) is 7.11. The van der Waals surface area contributed by atoms with E-state index in [1.54, 1.807) is 13.1 Å². The van der Waals surface area contributed by atoms with Crippen molar-refractivity contribution in [3.8, 4) is 0 Å². The molecule has 2 rings (SSSR count). The Hall–Kier alpha value is -2.30. The summed E-state index contributed by atoms with van der Waals surface area (Å²) >= 11 is 0. The van der Waals surface area contributed by atoms with Crippen molar-refractivity contribution in [1.29, 1.82) is 0 Å². The highest BCUT2D eigenvalue weighted by Gasteiger charge is 2.21. The van der Waals surface area contributed by atoms with E-state index in [1.165, 1.54) is 0 Å². The Labute approximate surface area is 124 Å². The lowest BCUT2D eigenvalue weighted by atomic mass is 10.0. The Balaban J connectivity index is 2.15. The molecule has 2 aromatic rings. The molecule has 0 saturated heterocycles. The maximum Gasteiger partial charge on any atom is 0.251 e. The van der Waals surface area contributed by atoms with E-state index in [4.69, 9.17) is 0 Å². The van der Waals surface area contributed by atoms with Crippen LogP contribution in [0.4, 0.5) is 0 Å². The average molecular weight is 287 g/mol. The number of aromatic nitrogens is 1. The predicted octanol–water partition coefficient (Wildman–Crippen LogP) is 2.06. The van der Waals surface area contributed by atoms with E-state index in [1.807, 2.05) is 38.2 Å². The molecular formula is C16H21N3O2. The lowest BCUT2D eigenvalue weighted by molar-refractivity contribution is -0.122. The fraction of sp³-hybridized carbons (Fsp3) is 0.375. The van der Waals surface area contributed by atoms with Gasteiger partial charge in [0, 0.05) is 29.7 Å². The molecule has 1 aromatic carbocycles. The van der Waals surface area contributed by atoms with Crippen molar-refractivity contribution in [2.75, 3.05) is 7.05 Å². The second kappa shape index (κ2) is 6.43. The molecule has 0 aliphatic heterocycles. The molecule has 0 fully saturated rings. The summed E-state index contributed by atoms with van der Waals surface area (Å²) in [6.07, 6.45) is 2.44. The van der Waals surface area contributed by atoms with Gasteiger partial charge in [-0.2, -0.15) is 0 Å². The topological polar surface area (TPSA) is 74.0 Å². The number of H-pyrrole nitrogens is 1. The summed E-state index contributed by atoms with van der Waals surface area (Å²) in [5.74, 6) is -0.0770. The number of rotatable bonds is 5. The predicted molar refractivity (Wildman–Crippen MR) is 83.1 cm³/mol. The SMILES string of the molecule is CNC(=O)C(CC(C)C)NC(=O)c1ccc2[nH]ccc2c1. The van der Waals surface area contributed by atoms with Gasteiger partial charge < -0.3 is 15.6 Å². The summed E-state index contributed by atoms with van der Waals surface area (Å²) in [6, 6.07) is 6.84. The molecule has 112 valence electrons. The highest BCUT2D eigenvalue weighted by molar-refractivity contribution is 6.00. The summed E-state index contributed by atoms with van der Waals surface area (Å²) in [6.45, 7) is 4.04. The van der Waals surface area contributed by atoms with Gasteiger partial charge in [-0.15, -0.1) is 0 Å². The van der Waals surface area contributed by atoms with Gasteiger partial charge in [0.2, 0.25) is 5.91 Å². The van der Waals surface area contributed by atoms with Crippen LogP contribution in [0.3, 0.4) is 0 Å². The average Bonchev–Trinajstić information content (AvgIpc) is 2.92. The second-order valence-electron chi connectivity index (χ2n) is 5.55. The van der Waals surface area contributed by atoms with E-state index in [0.29, 0.717) is 17.9 Å². The van der Waals surface area contributed by atoms with Crippen molar-refractivity contribution in [2.45, 2.75) is 26.3 Å². The number of hydrogen-bond donors (Lipinski definition) is 3. The number of carbonyl (C=O) groups excluding carboxylic acids is 2. The largest absolute Gasteiger partial charge is 0.361 e. The van der Waals surface area contributed by atoms with Crippen molar-refractivity contribution in [3.63, 3.8) is 0 Å². The van der Waals surface area contributed by atoms with Gasteiger partial charge in [0.1, 0.15) is 6.04 Å². The molecule has 21 heavy (non-hydrogen) atoms. The Morgan fingerprint density at radius 1 is 1.24 bits per heavy atom. The molecule has 2 amide bonds. The molecule has 1 unspecified atom stereocenters. The van der Waals surface area contributed by atoms with Crippen molar-refractivity contribution in [2.24, 2.45) is 5.92 Å². The minimum Gasteiger partial charge on any atom is -0.361 e. The van der Waals surface area contributed by atoms with Crippen LogP contribution in [0.1, 0.15) is 30.6 Å². The number of aromatic amines is 1. The minimum atomic E-state index is -0.510. The van der Waals surface area contributed by atoms with Gasteiger partial charge in [0.15, 0.2) is 0 Å². The third-order valence-corrected chi connectivity index (χ3v) is 3.39. The first kappa shape index (κ1) is 15.1. The van der Waals surface area contributed by atoms with E-state index < -0.39 is 6.04 Å². The number of amides is 2. The van der Waals surface area contributed by atoms with Gasteiger partial charge in [-0.25, -0.2) is 0 Å². The maximum absolute atomic E-state index is 12.3. The zero-order valence-electron chi connectivity index (χ0n) is 12.6. The molecule has 1 atom stereocenters. The number of likely N-dealkylation sites (N-methyl/N-ethyl adjacent to an activating group) is 1. The number of nitrogens with one attached hydrogen (secondary N) is 3. The van der Waals surface area contributed by atoms with Crippen LogP contribution in [0.2, 0.25) is 0 Å². The van der Waals surface area contributed by atoms with Crippen molar-refractivity contribution in [1.82, 2.24) is 15.6 Å². The number of benzene rings is 1. The third-order valence-electron chi connectivity index (χ3n) is 3.39. The molecule has 5 heteroatoms. The summed E-state index contributed by atoms with van der Waals surface area (Å²) in [7, 11) is 1.58. The summed E-state index contributed by atoms with van der Waals surface area (Å²) in [5, 5.41) is 6.38. The Morgan fingerprint density at radius 2 is 2.00 bits per heavy atom. The van der Waals surface area contributed by atoms with Crippen molar-refractivity contribution in [3.05, 3.63) is 36.0 Å². The quantitative estimate of drug-likeness (QED) is 0.787. The lowest BCUT2D eigenvalue weighted by Crippen LogP contribution is -2.46. The number of hydrogen-bond acceptors (Lipinski definition) is 2. The zero-order valence-corrected chi connectivity index (χ0v) is 12.6. The fourth-order valence-corrected chi connectivity index (χ4v) is 2.31. The lowest BCUT2D eigenvalue weighted by Gasteiger charge is -2.19. The minimum absolute atomic E-state index is 0.167. The van der Waals surface area contributed by atoms with Crippen LogP contribution in [-0.2, 0) is 4.79 Å². The summed E-state index contributed by atoms with van der Waals surface area (Å²) in [5.41, 5.74) is 1.54. The van der Waals surface area contributed by atoms with Crippen LogP contribution in [0.5, 0.6) is 0 Å². The van der Waals surface area contributed by atoms with Crippen LogP contribution in [0.15, 0.2) is 30.5 Å². The van der Waals surface area contributed by atoms with Gasteiger partial charge in [-0.05, 0) is 36.6 Å². The summed E-state index contributed by atoms with van der Waals surface area (Å²) < 4.78 is 0. The molecule has 0 aliphatic carbocycles. The molecule has 0 radical (unpaired) electrons. The molecule has 0 aliphatic rings. The first-order chi connectivity index (χ1) is 10.0. The molecule has 1 heterocycles. The molecule has 3 N–H and O–H groups in total. The van der Waals surface area contributed by atoms with Gasteiger partial charge in [-0.1, -0.05) is 13.8 Å². The Kier molecular flexibility index (Phi) is 4.62. The van der Waals surface area contributed by atoms with Crippen LogP contribution in [0, 0.1) is 5.92 Å². The van der Waals surface area contributed by atoms with Gasteiger partial charge in [0.25, 0.3) is 5.91 Å². The van der Waals surface area contributed by atoms with E-state index in [2.05, 4.69) is 15.6 Å². The fourth-order valence-electron chi connectivity index (χ4n) is 2.31. The van der Waals surface area contributed by atoms with E-state index in [9.17, 15) is 9.59 Å². The monoisotopic (exact) mass is 287 g/mol. The van der Waals surface area contributed by atoms with Crippen molar-refractivity contribution >= 4 is 22.7 Å². The van der Waals surface area contributed by atoms with Crippen LogP contribution in [-0.4, -0.2) is 29.9 Å². The highest BCUT2D eigenvalue weighted by Crippen LogP contribution is 2.15. The zero-order chi connectivity index (χ0) is 15.4. The van der Waals surface area contributed by atoms with Crippen LogP contribution < -0.4 is 10.6 Å². The van der Waals surface area contributed by atoms with Crippen LogP contribution in [0.25, 0.3) is 10.9 Å². The molecule has 5 nitrogen and oxygen atoms in total. The summed E-state index contributed by atoms with van der Waals surface area (Å²) in [4.78, 5) is 27.3. The second-order valence-corrected chi connectivity index (χ2v) is 5.55. The molecule has 0 spiro atoms. The van der Waals surface area contributed by atoms with E-state index in [-0.39, 0.29) is 11.8 Å². The number of carbonyl (C=O) groups is 2. The normalized spacial score (nSPS) is 12.4. The third kappa shape index (κ3) is 3.62. The standard InChI is InChI=1S/C16H21N3O2/c1-10(2)8-14(16(21)17-3)19-15(20)12-4-5-13-11(9-12)6-7-18-13/h4-7,9-10,14,18H,8H2,1-3H3,(H,17,21)(H,19,20). The molecule has 0 bridgehead atoms. The molecule has 0 saturated carbocycles. The van der Waals surface area contributed by atoms with Gasteiger partial charge in [0.05, 0.1) is 0 Å². The van der Waals surface area contributed by atoms with E-state index in [0.717, 1.165) is 10.9 Å². The molecular weight excluding hydrogens is 266 g/mol. The van der Waals surface area contributed by atoms with Gasteiger partial charge >= 0.3 is 0 Å². The maximum atomic E-state index is 12.3. The number of fused-ring (bicyclic) bond motifs is 1. The highest BCUT2D eigenvalue weighted by atomic mass is 16.2. The van der Waals surface area contributed by atoms with Crippen LogP contribution >= 0.6 is 0 Å². The Morgan fingerprint density at radius 3 is 2.67 bits per heavy atom. The van der Waals surface area contributed by atoms with Gasteiger partial charge in [-0.3, -0.25) is 9.59 Å². The van der Waals surface area contributed by atoms with E-state index >= 15 is 0 Å².